The van der Waals surface area contributed by atoms with E-state index < -0.39 is 192 Å². The quantitative estimate of drug-likeness (QED) is 0.0195. The molecule has 0 saturated heterocycles. The summed E-state index contributed by atoms with van der Waals surface area (Å²) in [6.07, 6.45) is -26.9. The number of hydrogen-bond donors (Lipinski definition) is 0. The molecule has 0 heterocycles. The van der Waals surface area contributed by atoms with Crippen LogP contribution in [0.1, 0.15) is 128 Å². The lowest BCUT2D eigenvalue weighted by molar-refractivity contribution is -0.870. The van der Waals surface area contributed by atoms with Gasteiger partial charge >= 0.3 is 107 Å². The molecular weight excluding hydrogens is 1370 g/mol. The summed E-state index contributed by atoms with van der Waals surface area (Å²) in [6.45, 7) is -2.15. The Labute approximate surface area is 488 Å². The number of likely N-dealkylation sites (N-methyl/N-ethyl adjacent to an activating group) is 1. The van der Waals surface area contributed by atoms with Gasteiger partial charge in [-0.25, -0.2) is 0 Å². The van der Waals surface area contributed by atoms with Crippen LogP contribution >= 0.6 is 7.82 Å². The van der Waals surface area contributed by atoms with Crippen LogP contribution in [0.5, 0.6) is 0 Å². The number of alkyl halides is 34. The van der Waals surface area contributed by atoms with E-state index in [1.54, 1.807) is 21.1 Å². The molecule has 0 saturated carbocycles. The third-order valence-electron chi connectivity index (χ3n) is 13.0. The fraction of sp³-hybridized carbons (Fsp3) is 0.957. The first kappa shape index (κ1) is 86.6. The van der Waals surface area contributed by atoms with Gasteiger partial charge in [0.1, 0.15) is 19.8 Å². The van der Waals surface area contributed by atoms with Gasteiger partial charge in [-0.3, -0.25) is 14.2 Å². The molecule has 0 aromatic rings. The van der Waals surface area contributed by atoms with Crippen molar-refractivity contribution in [3.8, 4) is 0 Å². The number of esters is 2. The van der Waals surface area contributed by atoms with Gasteiger partial charge in [-0.15, -0.1) is 0 Å². The molecule has 0 amide bonds. The molecule has 44 heteroatoms. The second-order valence-electron chi connectivity index (χ2n) is 21.3. The van der Waals surface area contributed by atoms with Crippen molar-refractivity contribution < 1.29 is 191 Å². The summed E-state index contributed by atoms with van der Waals surface area (Å²) in [7, 11) is -0.145. The third-order valence-corrected chi connectivity index (χ3v) is 13.9. The van der Waals surface area contributed by atoms with E-state index in [4.69, 9.17) is 18.5 Å². The normalized spacial score (nSPS) is 16.1. The van der Waals surface area contributed by atoms with E-state index in [-0.39, 0.29) is 88.1 Å². The zero-order chi connectivity index (χ0) is 71.5. The standard InChI is InChI=1S/C46H58F34NO8P/c1-81(2,3)24-25-87-90(84,85)88-27-28(89-30(83)21-17-13-9-5-7-11-15-19-23-32(49,50)34(53,54)36(57,58)38(61,62)40(65,66)42(69,70)44(73,74)46(78,79)80)26-86-29(82)20-16-12-8-4-6-10-14-18-22-31(47,48)33(51,52)35(55,56)37(59,60)39(63,64)41(67,68)43(71,72)45(75,76)77/h28H,4-27H2,1-3H3. The number of quaternary nitrogens is 1. The number of hydrogen-bond acceptors (Lipinski definition) is 8. The van der Waals surface area contributed by atoms with Crippen LogP contribution in [0.25, 0.3) is 0 Å². The van der Waals surface area contributed by atoms with Gasteiger partial charge in [-0.05, 0) is 25.7 Å². The molecule has 0 aliphatic heterocycles. The van der Waals surface area contributed by atoms with Crippen LogP contribution in [-0.2, 0) is 32.7 Å². The molecule has 0 aliphatic rings. The molecule has 0 radical (unpaired) electrons. The van der Waals surface area contributed by atoms with Crippen LogP contribution in [0.2, 0.25) is 0 Å². The first-order chi connectivity index (χ1) is 39.8. The molecular formula is C46H58F34NO8P. The van der Waals surface area contributed by atoms with E-state index in [1.807, 2.05) is 0 Å². The van der Waals surface area contributed by atoms with Crippen LogP contribution in [0.3, 0.4) is 0 Å². The Kier molecular flexibility index (Phi) is 29.4. The molecule has 538 valence electrons. The van der Waals surface area contributed by atoms with Crippen LogP contribution < -0.4 is 4.89 Å². The van der Waals surface area contributed by atoms with Crippen molar-refractivity contribution >= 4 is 19.8 Å². The summed E-state index contributed by atoms with van der Waals surface area (Å²) in [5, 5.41) is 0. The largest absolute Gasteiger partial charge is 0.756 e. The van der Waals surface area contributed by atoms with Gasteiger partial charge in [0.05, 0.1) is 27.7 Å². The number of rotatable bonds is 44. The monoisotopic (exact) mass is 1430 g/mol. The number of unbranched alkanes of at least 4 members (excludes halogenated alkanes) is 14. The highest BCUT2D eigenvalue weighted by Crippen LogP contribution is 2.66. The fourth-order valence-electron chi connectivity index (χ4n) is 7.32. The Morgan fingerprint density at radius 3 is 0.900 bits per heavy atom. The molecule has 2 unspecified atom stereocenters. The summed E-state index contributed by atoms with van der Waals surface area (Å²) in [4.78, 5) is 37.4. The molecule has 9 nitrogen and oxygen atoms in total. The first-order valence-corrected chi connectivity index (χ1v) is 27.4. The minimum Gasteiger partial charge on any atom is -0.756 e. The van der Waals surface area contributed by atoms with E-state index in [0.29, 0.717) is 0 Å². The van der Waals surface area contributed by atoms with Crippen molar-refractivity contribution in [1.82, 2.24) is 0 Å². The van der Waals surface area contributed by atoms with Gasteiger partial charge in [0.15, 0.2) is 6.10 Å². The predicted octanol–water partition coefficient (Wildman–Crippen LogP) is 17.5. The molecule has 0 fully saturated rings. The summed E-state index contributed by atoms with van der Waals surface area (Å²) in [5.41, 5.74) is 0. The van der Waals surface area contributed by atoms with E-state index in [0.717, 1.165) is 0 Å². The average Bonchev–Trinajstić information content (AvgIpc) is 0.707. The van der Waals surface area contributed by atoms with Crippen molar-refractivity contribution in [1.29, 1.82) is 0 Å². The Balaban J connectivity index is 5.28. The summed E-state index contributed by atoms with van der Waals surface area (Å²) >= 11 is 0. The van der Waals surface area contributed by atoms with Gasteiger partial charge in [-0.1, -0.05) is 77.0 Å². The van der Waals surface area contributed by atoms with Crippen molar-refractivity contribution in [2.45, 2.75) is 230 Å². The Bertz CT molecular complexity index is 2290. The van der Waals surface area contributed by atoms with Crippen LogP contribution in [0, 0.1) is 0 Å². The Morgan fingerprint density at radius 2 is 0.611 bits per heavy atom. The fourth-order valence-corrected chi connectivity index (χ4v) is 8.05. The first-order valence-electron chi connectivity index (χ1n) is 26.0. The maximum Gasteiger partial charge on any atom is 0.460 e. The minimum absolute atomic E-state index is 0.000417. The number of nitrogens with zero attached hydrogens (tertiary/aromatic N) is 1. The highest BCUT2D eigenvalue weighted by atomic mass is 31.2. The van der Waals surface area contributed by atoms with Gasteiger partial charge in [0.2, 0.25) is 0 Å². The lowest BCUT2D eigenvalue weighted by atomic mass is 9.87. The molecule has 0 aliphatic carbocycles. The lowest BCUT2D eigenvalue weighted by Crippen LogP contribution is -2.74. The average molecular weight is 1430 g/mol. The molecule has 0 bridgehead atoms. The van der Waals surface area contributed by atoms with E-state index in [9.17, 15) is 168 Å². The van der Waals surface area contributed by atoms with Crippen LogP contribution in [0.15, 0.2) is 0 Å². The zero-order valence-corrected chi connectivity index (χ0v) is 47.5. The van der Waals surface area contributed by atoms with Crippen molar-refractivity contribution in [3.63, 3.8) is 0 Å². The molecule has 2 atom stereocenters. The predicted molar refractivity (Wildman–Crippen MR) is 237 cm³/mol. The smallest absolute Gasteiger partial charge is 0.460 e. The van der Waals surface area contributed by atoms with Gasteiger partial charge < -0.3 is 27.9 Å². The summed E-state index contributed by atoms with van der Waals surface area (Å²) in [6, 6.07) is 0. The van der Waals surface area contributed by atoms with Crippen molar-refractivity contribution in [3.05, 3.63) is 0 Å². The minimum atomic E-state index is -8.74. The lowest BCUT2D eigenvalue weighted by Gasteiger charge is -2.42. The van der Waals surface area contributed by atoms with Crippen LogP contribution in [0.4, 0.5) is 149 Å². The SMILES string of the molecule is C[N+](C)(C)CCOP(=O)([O-])OCC(COC(=O)CCCCCCCCCCC(F)(F)C(F)(F)C(F)(F)C(F)(F)C(F)(F)C(F)(F)C(F)(F)C(F)(F)F)OC(=O)CCCCCCCCCCC(F)(F)C(F)(F)C(F)(F)C(F)(F)C(F)(F)C(F)(F)C(F)(F)C(F)(F)F. The molecule has 0 N–H and O–H groups in total. The number of phosphoric acid groups is 1. The van der Waals surface area contributed by atoms with Gasteiger partial charge in [-0.2, -0.15) is 149 Å². The zero-order valence-electron chi connectivity index (χ0n) is 46.6. The number of phosphoric ester groups is 1. The summed E-state index contributed by atoms with van der Waals surface area (Å²) < 4.78 is 491. The summed E-state index contributed by atoms with van der Waals surface area (Å²) in [5.74, 6) is -116. The van der Waals surface area contributed by atoms with Gasteiger partial charge in [0.25, 0.3) is 7.82 Å². The van der Waals surface area contributed by atoms with E-state index >= 15 is 0 Å². The third kappa shape index (κ3) is 19.6. The maximum atomic E-state index is 14.2. The number of carbonyl (C=O) groups is 2. The highest BCUT2D eigenvalue weighted by molar-refractivity contribution is 7.45. The molecule has 90 heavy (non-hydrogen) atoms. The highest BCUT2D eigenvalue weighted by Gasteiger charge is 2.97. The molecule has 0 spiro atoms. The van der Waals surface area contributed by atoms with E-state index in [2.05, 4.69) is 0 Å². The second kappa shape index (κ2) is 30.6. The number of ether oxygens (including phenoxy) is 2. The maximum absolute atomic E-state index is 14.2. The molecule has 0 aromatic heterocycles. The Morgan fingerprint density at radius 1 is 0.356 bits per heavy atom. The van der Waals surface area contributed by atoms with Crippen LogP contribution in [-0.4, -0.2) is 165 Å². The Hall–Kier alpha value is -3.37. The number of carbonyl (C=O) groups excluding carboxylic acids is 2. The van der Waals surface area contributed by atoms with Crippen molar-refractivity contribution in [2.75, 3.05) is 47.5 Å². The van der Waals surface area contributed by atoms with Crippen molar-refractivity contribution in [2.24, 2.45) is 0 Å². The van der Waals surface area contributed by atoms with E-state index in [1.165, 1.54) is 0 Å². The van der Waals surface area contributed by atoms with Gasteiger partial charge in [0, 0.05) is 25.7 Å². The molecule has 0 aromatic carbocycles. The molecule has 0 rings (SSSR count). The number of halogens is 34. The topological polar surface area (TPSA) is 111 Å². The second-order valence-corrected chi connectivity index (χ2v) is 22.7.